The topological polar surface area (TPSA) is 111 Å². The van der Waals surface area contributed by atoms with Crippen molar-refractivity contribution in [2.24, 2.45) is 0 Å². The Morgan fingerprint density at radius 3 is 1.29 bits per heavy atom. The summed E-state index contributed by atoms with van der Waals surface area (Å²) in [6.45, 7) is 3.99. The van der Waals surface area contributed by atoms with Crippen LogP contribution in [0.25, 0.3) is 0 Å². The van der Waals surface area contributed by atoms with Gasteiger partial charge in [0.15, 0.2) is 6.10 Å². The minimum absolute atomic E-state index is 0.0108. The van der Waals surface area contributed by atoms with Gasteiger partial charge in [-0.3, -0.25) is 14.2 Å². The highest BCUT2D eigenvalue weighted by Crippen LogP contribution is 2.38. The third-order valence-corrected chi connectivity index (χ3v) is 12.6. The highest BCUT2D eigenvalue weighted by Gasteiger charge is 2.21. The second-order valence-corrected chi connectivity index (χ2v) is 21.0. The molecule has 0 fully saturated rings. The van der Waals surface area contributed by atoms with Crippen molar-refractivity contribution in [3.05, 3.63) is 97.2 Å². The van der Waals surface area contributed by atoms with Gasteiger partial charge in [-0.05, 0) is 77.0 Å². The number of rotatable bonds is 50. The number of unbranched alkanes of at least 4 members (excludes halogenated alkanes) is 21. The standard InChI is InChI=1S/C60H104NO8P/c1-6-8-10-12-14-16-18-20-22-23-24-25-26-27-28-29-30-31-32-33-34-35-36-37-39-40-42-44-46-48-50-52-59(62)66-56-58(57-68-70(64,65)67-55-54-61(3,4)5)69-60(63)53-51-49-47-45-43-41-38-21-19-17-15-13-11-9-7-2/h9,11,15,17-18,20-21,23-24,26-27,38,43,45,49,51,58H,6-8,10,12-14,16,19,22,25,28-37,39-42,44,46-48,50,52-57H2,1-5H3/b11-9-,17-15-,20-18-,24-23-,27-26-,38-21-,45-43-,51-49-. The molecule has 0 aromatic rings. The number of nitrogens with zero attached hydrogens (tertiary/aromatic N) is 1. The minimum atomic E-state index is -4.66. The highest BCUT2D eigenvalue weighted by molar-refractivity contribution is 7.45. The number of likely N-dealkylation sites (N-methyl/N-ethyl adjacent to an activating group) is 1. The molecule has 0 rings (SSSR count). The zero-order valence-electron chi connectivity index (χ0n) is 45.4. The van der Waals surface area contributed by atoms with Gasteiger partial charge >= 0.3 is 11.9 Å². The van der Waals surface area contributed by atoms with E-state index in [0.29, 0.717) is 23.9 Å². The van der Waals surface area contributed by atoms with Crippen LogP contribution in [0, 0.1) is 0 Å². The summed E-state index contributed by atoms with van der Waals surface area (Å²) in [7, 11) is 1.10. The molecule has 10 heteroatoms. The van der Waals surface area contributed by atoms with Crippen LogP contribution in [0.1, 0.15) is 219 Å². The van der Waals surface area contributed by atoms with E-state index in [-0.39, 0.29) is 26.1 Å². The van der Waals surface area contributed by atoms with Crippen LogP contribution in [-0.2, 0) is 32.7 Å². The van der Waals surface area contributed by atoms with E-state index in [0.717, 1.165) is 51.4 Å². The van der Waals surface area contributed by atoms with Crippen molar-refractivity contribution >= 4 is 19.8 Å². The van der Waals surface area contributed by atoms with E-state index in [4.69, 9.17) is 18.5 Å². The average Bonchev–Trinajstić information content (AvgIpc) is 3.32. The zero-order chi connectivity index (χ0) is 51.3. The van der Waals surface area contributed by atoms with Crippen molar-refractivity contribution < 1.29 is 42.1 Å². The lowest BCUT2D eigenvalue weighted by Gasteiger charge is -2.28. The molecule has 0 saturated heterocycles. The van der Waals surface area contributed by atoms with E-state index in [9.17, 15) is 19.0 Å². The Morgan fingerprint density at radius 1 is 0.471 bits per heavy atom. The summed E-state index contributed by atoms with van der Waals surface area (Å²) < 4.78 is 33.9. The van der Waals surface area contributed by atoms with Crippen molar-refractivity contribution in [3.8, 4) is 0 Å². The van der Waals surface area contributed by atoms with Crippen molar-refractivity contribution in [2.75, 3.05) is 47.5 Å². The Hall–Kier alpha value is -3.07. The number of phosphoric acid groups is 1. The highest BCUT2D eigenvalue weighted by atomic mass is 31.2. The summed E-state index contributed by atoms with van der Waals surface area (Å²) in [5.41, 5.74) is 0. The molecule has 0 N–H and O–H groups in total. The first-order valence-electron chi connectivity index (χ1n) is 27.9. The zero-order valence-corrected chi connectivity index (χ0v) is 46.3. The molecule has 0 aromatic heterocycles. The van der Waals surface area contributed by atoms with Crippen molar-refractivity contribution in [3.63, 3.8) is 0 Å². The van der Waals surface area contributed by atoms with Crippen LogP contribution in [0.3, 0.4) is 0 Å². The fourth-order valence-corrected chi connectivity index (χ4v) is 8.06. The molecule has 402 valence electrons. The number of allylic oxidation sites excluding steroid dienone is 15. The predicted octanol–water partition coefficient (Wildman–Crippen LogP) is 16.6. The molecule has 0 aliphatic heterocycles. The van der Waals surface area contributed by atoms with Gasteiger partial charge in [-0.25, -0.2) is 0 Å². The van der Waals surface area contributed by atoms with E-state index in [2.05, 4.69) is 92.8 Å². The summed E-state index contributed by atoms with van der Waals surface area (Å²) in [5, 5.41) is 0. The molecule has 0 spiro atoms. The van der Waals surface area contributed by atoms with Gasteiger partial charge in [-0.2, -0.15) is 0 Å². The number of carbonyl (C=O) groups excluding carboxylic acids is 2. The second-order valence-electron chi connectivity index (χ2n) is 19.6. The lowest BCUT2D eigenvalue weighted by molar-refractivity contribution is -0.870. The average molecular weight is 998 g/mol. The summed E-state index contributed by atoms with van der Waals surface area (Å²) in [6.07, 6.45) is 69.3. The van der Waals surface area contributed by atoms with E-state index >= 15 is 0 Å². The van der Waals surface area contributed by atoms with Crippen molar-refractivity contribution in [1.29, 1.82) is 0 Å². The molecular weight excluding hydrogens is 894 g/mol. The lowest BCUT2D eigenvalue weighted by Crippen LogP contribution is -2.37. The maximum atomic E-state index is 12.7. The Bertz CT molecular complexity index is 1500. The SMILES string of the molecule is CC/C=C\C/C=C\C/C=C\C/C=C\C/C=C\CC(=O)OC(COC(=O)CCCCCCCCCCCCCCCCCC/C=C\C/C=C\C/C=C\CCCCCCC)COP(=O)([O-])OCC[N+](C)(C)C. The quantitative estimate of drug-likeness (QED) is 0.0195. The molecule has 2 atom stereocenters. The molecule has 0 aliphatic carbocycles. The Labute approximate surface area is 430 Å². The van der Waals surface area contributed by atoms with Crippen molar-refractivity contribution in [2.45, 2.75) is 225 Å². The first kappa shape index (κ1) is 66.9. The van der Waals surface area contributed by atoms with Crippen LogP contribution in [0.5, 0.6) is 0 Å². The third-order valence-electron chi connectivity index (χ3n) is 11.6. The molecule has 0 aliphatic rings. The number of quaternary nitrogens is 1. The molecule has 0 bridgehead atoms. The number of ether oxygens (including phenoxy) is 2. The van der Waals surface area contributed by atoms with Gasteiger partial charge in [0.05, 0.1) is 34.2 Å². The lowest BCUT2D eigenvalue weighted by atomic mass is 10.0. The Balaban J connectivity index is 4.14. The Kier molecular flexibility index (Phi) is 48.6. The second kappa shape index (κ2) is 50.9. The first-order valence-corrected chi connectivity index (χ1v) is 29.4. The number of hydrogen-bond acceptors (Lipinski definition) is 8. The van der Waals surface area contributed by atoms with E-state index in [1.807, 2.05) is 33.3 Å². The van der Waals surface area contributed by atoms with Crippen LogP contribution in [0.2, 0.25) is 0 Å². The van der Waals surface area contributed by atoms with Gasteiger partial charge in [-0.1, -0.05) is 227 Å². The molecule has 9 nitrogen and oxygen atoms in total. The fraction of sp³-hybridized carbons (Fsp3) is 0.700. The molecule has 70 heavy (non-hydrogen) atoms. The van der Waals surface area contributed by atoms with Crippen molar-refractivity contribution in [1.82, 2.24) is 0 Å². The fourth-order valence-electron chi connectivity index (χ4n) is 7.33. The molecule has 0 aromatic carbocycles. The van der Waals surface area contributed by atoms with Crippen LogP contribution in [0.4, 0.5) is 0 Å². The van der Waals surface area contributed by atoms with E-state index < -0.39 is 32.5 Å². The maximum Gasteiger partial charge on any atom is 0.310 e. The van der Waals surface area contributed by atoms with Crippen LogP contribution in [-0.4, -0.2) is 70.0 Å². The van der Waals surface area contributed by atoms with E-state index in [1.165, 1.54) is 128 Å². The largest absolute Gasteiger partial charge is 0.756 e. The van der Waals surface area contributed by atoms with Gasteiger partial charge < -0.3 is 27.9 Å². The summed E-state index contributed by atoms with van der Waals surface area (Å²) in [4.78, 5) is 37.7. The molecule has 0 amide bonds. The minimum Gasteiger partial charge on any atom is -0.756 e. The predicted molar refractivity (Wildman–Crippen MR) is 295 cm³/mol. The molecule has 0 saturated carbocycles. The molecule has 2 unspecified atom stereocenters. The van der Waals surface area contributed by atoms with Gasteiger partial charge in [0.1, 0.15) is 19.8 Å². The summed E-state index contributed by atoms with van der Waals surface area (Å²) in [6, 6.07) is 0. The van der Waals surface area contributed by atoms with Gasteiger partial charge in [-0.15, -0.1) is 0 Å². The third kappa shape index (κ3) is 54.3. The van der Waals surface area contributed by atoms with E-state index in [1.54, 1.807) is 6.08 Å². The van der Waals surface area contributed by atoms with Crippen LogP contribution >= 0.6 is 7.82 Å². The Morgan fingerprint density at radius 2 is 0.857 bits per heavy atom. The maximum absolute atomic E-state index is 12.7. The van der Waals surface area contributed by atoms with Crippen LogP contribution in [0.15, 0.2) is 97.2 Å². The normalized spacial score (nSPS) is 14.1. The molecule has 0 radical (unpaired) electrons. The summed E-state index contributed by atoms with van der Waals surface area (Å²) >= 11 is 0. The number of carbonyl (C=O) groups is 2. The van der Waals surface area contributed by atoms with Gasteiger partial charge in [0.2, 0.25) is 0 Å². The summed E-state index contributed by atoms with van der Waals surface area (Å²) in [5.74, 6) is -0.984. The molecule has 0 heterocycles. The molecular formula is C60H104NO8P. The first-order chi connectivity index (χ1) is 34.0. The van der Waals surface area contributed by atoms with Gasteiger partial charge in [0.25, 0.3) is 7.82 Å². The monoisotopic (exact) mass is 998 g/mol. The number of phosphoric ester groups is 1. The van der Waals surface area contributed by atoms with Gasteiger partial charge in [0, 0.05) is 6.42 Å². The smallest absolute Gasteiger partial charge is 0.310 e. The number of hydrogen-bond donors (Lipinski definition) is 0. The van der Waals surface area contributed by atoms with Crippen LogP contribution < -0.4 is 4.89 Å². The number of esters is 2.